The Kier molecular flexibility index (Phi) is 8.74. The van der Waals surface area contributed by atoms with E-state index in [0.717, 1.165) is 0 Å². The minimum absolute atomic E-state index is 0. The summed E-state index contributed by atoms with van der Waals surface area (Å²) in [4.78, 5) is 0. The van der Waals surface area contributed by atoms with Gasteiger partial charge in [-0.25, -0.2) is 5.26 Å². The van der Waals surface area contributed by atoms with Crippen LogP contribution in [0.1, 0.15) is 0 Å². The summed E-state index contributed by atoms with van der Waals surface area (Å²) in [6.45, 7) is 0. The normalized spacial score (nSPS) is 11.2. The van der Waals surface area contributed by atoms with E-state index in [1.807, 2.05) is 0 Å². The SMILES string of the molecule is N.O=S(=O)(O)OS(=O)(=O)OO.[Fe]. The first-order chi connectivity index (χ1) is 4.27. The molecule has 0 saturated heterocycles. The van der Waals surface area contributed by atoms with Crippen molar-refractivity contribution in [1.29, 1.82) is 0 Å². The maximum absolute atomic E-state index is 9.78. The summed E-state index contributed by atoms with van der Waals surface area (Å²) in [5, 5.41) is 7.37. The minimum atomic E-state index is -5.17. The third-order valence-corrected chi connectivity index (χ3v) is 1.80. The topological polar surface area (TPSA) is 162 Å². The zero-order valence-corrected chi connectivity index (χ0v) is 7.96. The molecule has 12 heteroatoms. The zero-order chi connectivity index (χ0) is 8.41. The van der Waals surface area contributed by atoms with Gasteiger partial charge in [-0.15, -0.1) is 0 Å². The monoisotopic (exact) mass is 267 g/mol. The van der Waals surface area contributed by atoms with Crippen molar-refractivity contribution in [2.24, 2.45) is 0 Å². The molecular weight excluding hydrogens is 262 g/mol. The van der Waals surface area contributed by atoms with Gasteiger partial charge < -0.3 is 6.15 Å². The van der Waals surface area contributed by atoms with E-state index in [9.17, 15) is 16.8 Å². The van der Waals surface area contributed by atoms with Crippen LogP contribution in [0.5, 0.6) is 0 Å². The molecule has 9 nitrogen and oxygen atoms in total. The van der Waals surface area contributed by atoms with Gasteiger partial charge in [-0.2, -0.15) is 16.8 Å². The van der Waals surface area contributed by atoms with Crippen molar-refractivity contribution in [1.82, 2.24) is 6.15 Å². The number of hydrogen-bond acceptors (Lipinski definition) is 8. The zero-order valence-electron chi connectivity index (χ0n) is 5.22. The molecule has 0 heterocycles. The molecule has 0 aromatic heterocycles. The largest absolute Gasteiger partial charge is 0.442 e. The second kappa shape index (κ2) is 5.80. The van der Waals surface area contributed by atoms with Crippen LogP contribution in [0.15, 0.2) is 0 Å². The molecule has 0 radical (unpaired) electrons. The van der Waals surface area contributed by atoms with E-state index in [0.29, 0.717) is 0 Å². The van der Waals surface area contributed by atoms with Gasteiger partial charge in [-0.05, 0) is 0 Å². The Morgan fingerprint density at radius 2 is 1.42 bits per heavy atom. The van der Waals surface area contributed by atoms with Crippen LogP contribution < -0.4 is 6.15 Å². The fourth-order valence-corrected chi connectivity index (χ4v) is 1.06. The predicted molar refractivity (Wildman–Crippen MR) is 30.3 cm³/mol. The molecule has 0 amide bonds. The summed E-state index contributed by atoms with van der Waals surface area (Å²) >= 11 is 0. The van der Waals surface area contributed by atoms with Gasteiger partial charge in [0.05, 0.1) is 0 Å². The summed E-state index contributed by atoms with van der Waals surface area (Å²) in [6.07, 6.45) is 0. The van der Waals surface area contributed by atoms with Gasteiger partial charge in [0.15, 0.2) is 0 Å². The van der Waals surface area contributed by atoms with Crippen LogP contribution in [0.2, 0.25) is 0 Å². The predicted octanol–water partition coefficient (Wildman–Crippen LogP) is -1.30. The summed E-state index contributed by atoms with van der Waals surface area (Å²) in [6, 6.07) is 0. The van der Waals surface area contributed by atoms with Crippen LogP contribution in [-0.4, -0.2) is 26.6 Å². The van der Waals surface area contributed by atoms with Crippen molar-refractivity contribution >= 4 is 20.8 Å². The standard InChI is InChI=1S/Fe.H3N.H2O8S2/c;;1-7-10(5,6)8-9(2,3)4/h;1H3;1H,(H,2,3,4). The Morgan fingerprint density at radius 3 is 1.50 bits per heavy atom. The van der Waals surface area contributed by atoms with E-state index in [4.69, 9.17) is 9.81 Å². The molecule has 0 unspecified atom stereocenters. The molecule has 12 heavy (non-hydrogen) atoms. The summed E-state index contributed by atoms with van der Waals surface area (Å²) in [7, 11) is -10.2. The Balaban J connectivity index is -0.000000405. The van der Waals surface area contributed by atoms with Crippen LogP contribution in [0, 0.1) is 0 Å². The molecule has 0 atom stereocenters. The Bertz CT molecular complexity index is 285. The average molecular weight is 267 g/mol. The first-order valence-electron chi connectivity index (χ1n) is 1.53. The van der Waals surface area contributed by atoms with E-state index in [2.05, 4.69) is 7.96 Å². The summed E-state index contributed by atoms with van der Waals surface area (Å²) in [5.74, 6) is 0. The maximum Gasteiger partial charge on any atom is 0.442 e. The van der Waals surface area contributed by atoms with Crippen molar-refractivity contribution < 1.29 is 51.7 Å². The molecule has 0 aliphatic heterocycles. The summed E-state index contributed by atoms with van der Waals surface area (Å²) < 4.78 is 51.7. The van der Waals surface area contributed by atoms with E-state index in [1.165, 1.54) is 0 Å². The smallest absolute Gasteiger partial charge is 0.344 e. The third-order valence-electron chi connectivity index (χ3n) is 0.261. The molecule has 5 N–H and O–H groups in total. The molecule has 0 aromatic rings. The van der Waals surface area contributed by atoms with Crippen molar-refractivity contribution in [2.75, 3.05) is 0 Å². The molecule has 0 saturated carbocycles. The van der Waals surface area contributed by atoms with Crippen LogP contribution in [0.3, 0.4) is 0 Å². The molecule has 0 rings (SSSR count). The van der Waals surface area contributed by atoms with Gasteiger partial charge in [-0.3, -0.25) is 4.55 Å². The molecule has 0 aromatic carbocycles. The molecule has 0 fully saturated rings. The van der Waals surface area contributed by atoms with E-state index >= 15 is 0 Å². The summed E-state index contributed by atoms with van der Waals surface area (Å²) in [5.41, 5.74) is 0. The van der Waals surface area contributed by atoms with Crippen LogP contribution in [0.4, 0.5) is 0 Å². The van der Waals surface area contributed by atoms with Crippen molar-refractivity contribution in [3.8, 4) is 0 Å². The van der Waals surface area contributed by atoms with Gasteiger partial charge in [-0.1, -0.05) is 7.96 Å². The van der Waals surface area contributed by atoms with Gasteiger partial charge in [0.1, 0.15) is 0 Å². The van der Waals surface area contributed by atoms with Gasteiger partial charge in [0, 0.05) is 17.1 Å². The Morgan fingerprint density at radius 1 is 1.08 bits per heavy atom. The minimum Gasteiger partial charge on any atom is -0.344 e. The molecule has 0 aliphatic carbocycles. The number of rotatable bonds is 3. The van der Waals surface area contributed by atoms with Crippen molar-refractivity contribution in [3.05, 3.63) is 0 Å². The molecular formula is H5FeNO8S2. The second-order valence-electron chi connectivity index (χ2n) is 0.979. The molecule has 78 valence electrons. The van der Waals surface area contributed by atoms with Gasteiger partial charge in [0.2, 0.25) is 0 Å². The van der Waals surface area contributed by atoms with E-state index in [-0.39, 0.29) is 23.2 Å². The fraction of sp³-hybridized carbons (Fsp3) is 0. The molecule has 0 bridgehead atoms. The van der Waals surface area contributed by atoms with Gasteiger partial charge >= 0.3 is 20.8 Å². The van der Waals surface area contributed by atoms with Crippen LogP contribution in [-0.2, 0) is 45.8 Å². The first kappa shape index (κ1) is 18.1. The van der Waals surface area contributed by atoms with Gasteiger partial charge in [0.25, 0.3) is 0 Å². The molecule has 0 spiro atoms. The second-order valence-corrected chi connectivity index (χ2v) is 3.34. The van der Waals surface area contributed by atoms with Crippen LogP contribution in [0.25, 0.3) is 0 Å². The van der Waals surface area contributed by atoms with E-state index in [1.54, 1.807) is 0 Å². The maximum atomic E-state index is 9.78. The van der Waals surface area contributed by atoms with Crippen LogP contribution >= 0.6 is 0 Å². The quantitative estimate of drug-likeness (QED) is 0.244. The van der Waals surface area contributed by atoms with Crippen molar-refractivity contribution in [2.45, 2.75) is 0 Å². The van der Waals surface area contributed by atoms with E-state index < -0.39 is 20.8 Å². The third kappa shape index (κ3) is 10.2. The first-order valence-corrected chi connectivity index (χ1v) is 4.23. The molecule has 0 aliphatic rings. The fourth-order valence-electron chi connectivity index (χ4n) is 0.118. The number of hydrogen-bond donors (Lipinski definition) is 3. The van der Waals surface area contributed by atoms with Crippen molar-refractivity contribution in [3.63, 3.8) is 0 Å². The Hall–Kier alpha value is 0.219. The average Bonchev–Trinajstić information content (AvgIpc) is 1.60. The Labute approximate surface area is 78.9 Å².